The molecule has 1 aromatic rings. The van der Waals surface area contributed by atoms with Gasteiger partial charge in [0.25, 0.3) is 0 Å². The highest BCUT2D eigenvalue weighted by molar-refractivity contribution is 9.10. The maximum atomic E-state index is 10.3. The average Bonchev–Trinajstić information content (AvgIpc) is 2.09. The number of benzene rings is 1. The fraction of sp³-hybridized carbons (Fsp3) is 0.100. The zero-order valence-corrected chi connectivity index (χ0v) is 8.10. The van der Waals surface area contributed by atoms with E-state index in [0.717, 1.165) is 16.5 Å². The molecular formula is C10H8BrO. The van der Waals surface area contributed by atoms with Crippen LogP contribution in [0.15, 0.2) is 35.3 Å². The lowest BCUT2D eigenvalue weighted by Crippen LogP contribution is -1.86. The van der Waals surface area contributed by atoms with Crippen molar-refractivity contribution in [1.82, 2.24) is 0 Å². The van der Waals surface area contributed by atoms with Crippen LogP contribution in [0.3, 0.4) is 0 Å². The lowest BCUT2D eigenvalue weighted by atomic mass is 10.1. The molecule has 0 spiro atoms. The second kappa shape index (κ2) is 4.21. The summed E-state index contributed by atoms with van der Waals surface area (Å²) in [6, 6.07) is 5.40. The molecule has 0 saturated carbocycles. The molecule has 0 heterocycles. The first-order chi connectivity index (χ1) is 5.77. The van der Waals surface area contributed by atoms with E-state index in [9.17, 15) is 4.79 Å². The smallest absolute Gasteiger partial charge is 0.233 e. The Morgan fingerprint density at radius 3 is 2.83 bits per heavy atom. The molecule has 61 valence electrons. The van der Waals surface area contributed by atoms with Crippen LogP contribution in [0.4, 0.5) is 0 Å². The summed E-state index contributed by atoms with van der Waals surface area (Å²) >= 11 is 3.36. The van der Waals surface area contributed by atoms with E-state index >= 15 is 0 Å². The van der Waals surface area contributed by atoms with Crippen LogP contribution in [-0.4, -0.2) is 6.29 Å². The van der Waals surface area contributed by atoms with Gasteiger partial charge in [-0.25, -0.2) is 0 Å². The Morgan fingerprint density at radius 2 is 2.33 bits per heavy atom. The normalized spacial score (nSPS) is 9.42. The van der Waals surface area contributed by atoms with Crippen LogP contribution in [0.5, 0.6) is 0 Å². The van der Waals surface area contributed by atoms with Gasteiger partial charge in [0.15, 0.2) is 0 Å². The van der Waals surface area contributed by atoms with Crippen molar-refractivity contribution in [1.29, 1.82) is 0 Å². The lowest BCUT2D eigenvalue weighted by molar-refractivity contribution is 0.562. The van der Waals surface area contributed by atoms with Gasteiger partial charge in [0.05, 0.1) is 0 Å². The van der Waals surface area contributed by atoms with Crippen molar-refractivity contribution in [3.8, 4) is 0 Å². The first-order valence-electron chi connectivity index (χ1n) is 3.55. The molecule has 0 aromatic heterocycles. The zero-order valence-electron chi connectivity index (χ0n) is 6.51. The van der Waals surface area contributed by atoms with Gasteiger partial charge in [-0.2, -0.15) is 0 Å². The third-order valence-electron chi connectivity index (χ3n) is 1.54. The summed E-state index contributed by atoms with van der Waals surface area (Å²) in [7, 11) is 0. The summed E-state index contributed by atoms with van der Waals surface area (Å²) in [5.74, 6) is 0. The topological polar surface area (TPSA) is 17.1 Å². The molecule has 0 unspecified atom stereocenters. The molecule has 1 aromatic carbocycles. The number of allylic oxidation sites excluding steroid dienone is 1. The molecule has 0 fully saturated rings. The van der Waals surface area contributed by atoms with Gasteiger partial charge in [-0.05, 0) is 18.1 Å². The number of hydrogen-bond acceptors (Lipinski definition) is 1. The summed E-state index contributed by atoms with van der Waals surface area (Å²) in [6.45, 7) is 3.64. The van der Waals surface area contributed by atoms with E-state index in [1.54, 1.807) is 12.1 Å². The van der Waals surface area contributed by atoms with Crippen molar-refractivity contribution >= 4 is 22.2 Å². The van der Waals surface area contributed by atoms with Gasteiger partial charge in [0, 0.05) is 10.0 Å². The van der Waals surface area contributed by atoms with E-state index in [2.05, 4.69) is 22.5 Å². The van der Waals surface area contributed by atoms with Crippen molar-refractivity contribution in [2.24, 2.45) is 0 Å². The highest BCUT2D eigenvalue weighted by atomic mass is 79.9. The fourth-order valence-corrected chi connectivity index (χ4v) is 1.47. The van der Waals surface area contributed by atoms with Crippen LogP contribution in [-0.2, 0) is 11.2 Å². The summed E-state index contributed by atoms with van der Waals surface area (Å²) in [6.07, 6.45) is 4.46. The van der Waals surface area contributed by atoms with Gasteiger partial charge >= 0.3 is 0 Å². The second-order valence-corrected chi connectivity index (χ2v) is 3.26. The van der Waals surface area contributed by atoms with Crippen LogP contribution in [0.2, 0.25) is 0 Å². The minimum atomic E-state index is 0.565. The minimum absolute atomic E-state index is 0.565. The Hall–Kier alpha value is -0.890. The monoisotopic (exact) mass is 223 g/mol. The van der Waals surface area contributed by atoms with E-state index in [1.807, 2.05) is 18.4 Å². The van der Waals surface area contributed by atoms with Gasteiger partial charge in [-0.3, -0.25) is 4.79 Å². The molecule has 1 rings (SSSR count). The molecule has 0 bridgehead atoms. The first-order valence-corrected chi connectivity index (χ1v) is 4.34. The van der Waals surface area contributed by atoms with E-state index in [4.69, 9.17) is 0 Å². The Bertz CT molecular complexity index is 305. The molecule has 0 saturated heterocycles. The van der Waals surface area contributed by atoms with Crippen LogP contribution in [0, 0.1) is 0 Å². The predicted octanol–water partition coefficient (Wildman–Crippen LogP) is 2.64. The van der Waals surface area contributed by atoms with Crippen molar-refractivity contribution in [3.05, 3.63) is 46.5 Å². The van der Waals surface area contributed by atoms with Crippen LogP contribution < -0.4 is 0 Å². The van der Waals surface area contributed by atoms with Gasteiger partial charge in [0.1, 0.15) is 0 Å². The van der Waals surface area contributed by atoms with Crippen molar-refractivity contribution in [3.63, 3.8) is 0 Å². The van der Waals surface area contributed by atoms with E-state index in [-0.39, 0.29) is 0 Å². The zero-order chi connectivity index (χ0) is 8.97. The largest absolute Gasteiger partial charge is 0.285 e. The second-order valence-electron chi connectivity index (χ2n) is 2.40. The molecule has 2 heteroatoms. The highest BCUT2D eigenvalue weighted by Gasteiger charge is 1.98. The third kappa shape index (κ3) is 2.05. The molecule has 0 N–H and O–H groups in total. The Morgan fingerprint density at radius 1 is 1.58 bits per heavy atom. The van der Waals surface area contributed by atoms with Crippen molar-refractivity contribution in [2.45, 2.75) is 6.42 Å². The van der Waals surface area contributed by atoms with E-state index in [0.29, 0.717) is 5.56 Å². The van der Waals surface area contributed by atoms with Crippen molar-refractivity contribution < 1.29 is 4.79 Å². The van der Waals surface area contributed by atoms with Gasteiger partial charge in [0.2, 0.25) is 6.29 Å². The molecular weight excluding hydrogens is 216 g/mol. The summed E-state index contributed by atoms with van der Waals surface area (Å²) in [5.41, 5.74) is 1.69. The summed E-state index contributed by atoms with van der Waals surface area (Å²) in [5, 5.41) is 0. The fourth-order valence-electron chi connectivity index (χ4n) is 0.932. The third-order valence-corrected chi connectivity index (χ3v) is 2.27. The molecule has 0 aliphatic carbocycles. The quantitative estimate of drug-likeness (QED) is 0.721. The van der Waals surface area contributed by atoms with E-state index < -0.39 is 0 Å². The van der Waals surface area contributed by atoms with Gasteiger partial charge in [-0.15, -0.1) is 6.58 Å². The molecule has 0 aliphatic rings. The number of hydrogen-bond donors (Lipinski definition) is 0. The van der Waals surface area contributed by atoms with Crippen LogP contribution in [0.25, 0.3) is 0 Å². The molecule has 0 amide bonds. The highest BCUT2D eigenvalue weighted by Crippen LogP contribution is 2.18. The number of halogens is 1. The number of carbonyl (C=O) groups excluding carboxylic acids is 1. The molecule has 0 aliphatic heterocycles. The summed E-state index contributed by atoms with van der Waals surface area (Å²) < 4.78 is 0.934. The van der Waals surface area contributed by atoms with Crippen LogP contribution in [0.1, 0.15) is 11.1 Å². The first kappa shape index (κ1) is 9.20. The standard InChI is InChI=1S/C10H8BrO/c1-2-3-9-5-4-8(7-12)6-10(9)11/h2,4-6H,1,3H2. The van der Waals surface area contributed by atoms with Gasteiger partial charge < -0.3 is 0 Å². The molecule has 0 atom stereocenters. The maximum absolute atomic E-state index is 10.3. The van der Waals surface area contributed by atoms with E-state index in [1.165, 1.54) is 0 Å². The SMILES string of the molecule is C=CCc1ccc([C]=O)cc1Br. The Labute approximate surface area is 80.2 Å². The average molecular weight is 224 g/mol. The lowest BCUT2D eigenvalue weighted by Gasteiger charge is -2.00. The van der Waals surface area contributed by atoms with Crippen molar-refractivity contribution in [2.75, 3.05) is 0 Å². The number of rotatable bonds is 3. The predicted molar refractivity (Wildman–Crippen MR) is 52.8 cm³/mol. The Kier molecular flexibility index (Phi) is 3.23. The van der Waals surface area contributed by atoms with Gasteiger partial charge in [-0.1, -0.05) is 34.1 Å². The minimum Gasteiger partial charge on any atom is -0.285 e. The maximum Gasteiger partial charge on any atom is 0.233 e. The molecule has 12 heavy (non-hydrogen) atoms. The Balaban J connectivity index is 3.02. The molecule has 1 radical (unpaired) electrons. The van der Waals surface area contributed by atoms with Crippen LogP contribution >= 0.6 is 15.9 Å². The summed E-state index contributed by atoms with van der Waals surface area (Å²) in [4.78, 5) is 10.3. The molecule has 1 nitrogen and oxygen atoms in total.